The van der Waals surface area contributed by atoms with Gasteiger partial charge in [-0.05, 0) is 24.3 Å². The minimum atomic E-state index is -0.548. The number of H-pyrrole nitrogens is 1. The van der Waals surface area contributed by atoms with E-state index in [1.807, 2.05) is 6.07 Å². The third kappa shape index (κ3) is 2.39. The molecule has 1 saturated carbocycles. The Morgan fingerprint density at radius 1 is 1.29 bits per heavy atom. The molecule has 110 valence electrons. The zero-order valence-corrected chi connectivity index (χ0v) is 11.9. The Balaban J connectivity index is 2.11. The number of aromatic hydroxyl groups is 1. The fourth-order valence-corrected chi connectivity index (χ4v) is 2.94. The highest BCUT2D eigenvalue weighted by atomic mass is 16.3. The van der Waals surface area contributed by atoms with Crippen LogP contribution in [0.25, 0.3) is 11.1 Å². The van der Waals surface area contributed by atoms with Gasteiger partial charge in [0.25, 0.3) is 5.56 Å². The lowest BCUT2D eigenvalue weighted by molar-refractivity contribution is 0.397. The molecule has 5 nitrogen and oxygen atoms in total. The topological polar surface area (TPSA) is 75.1 Å². The van der Waals surface area contributed by atoms with Crippen LogP contribution < -0.4 is 11.2 Å². The van der Waals surface area contributed by atoms with Crippen molar-refractivity contribution in [2.24, 2.45) is 5.92 Å². The molecular formula is C16H18N2O3. The van der Waals surface area contributed by atoms with Gasteiger partial charge in [0.2, 0.25) is 5.88 Å². The van der Waals surface area contributed by atoms with E-state index in [0.29, 0.717) is 11.5 Å². The Labute approximate surface area is 121 Å². The Kier molecular flexibility index (Phi) is 3.41. The lowest BCUT2D eigenvalue weighted by Gasteiger charge is -2.11. The number of hydrogen-bond donors (Lipinski definition) is 2. The third-order valence-electron chi connectivity index (χ3n) is 4.06. The van der Waals surface area contributed by atoms with Crippen LogP contribution in [-0.4, -0.2) is 14.7 Å². The van der Waals surface area contributed by atoms with Crippen molar-refractivity contribution in [2.45, 2.75) is 32.2 Å². The quantitative estimate of drug-likeness (QED) is 0.905. The van der Waals surface area contributed by atoms with Gasteiger partial charge in [-0.2, -0.15) is 0 Å². The van der Waals surface area contributed by atoms with E-state index in [0.717, 1.165) is 19.3 Å². The average Bonchev–Trinajstić information content (AvgIpc) is 3.19. The minimum absolute atomic E-state index is 0.00300. The smallest absolute Gasteiger partial charge is 0.331 e. The summed E-state index contributed by atoms with van der Waals surface area (Å²) in [5, 5.41) is 10.4. The van der Waals surface area contributed by atoms with Gasteiger partial charge in [-0.25, -0.2) is 4.79 Å². The molecule has 3 rings (SSSR count). The summed E-state index contributed by atoms with van der Waals surface area (Å²) in [4.78, 5) is 26.4. The predicted molar refractivity (Wildman–Crippen MR) is 80.5 cm³/mol. The van der Waals surface area contributed by atoms with Crippen molar-refractivity contribution in [2.75, 3.05) is 0 Å². The van der Waals surface area contributed by atoms with Gasteiger partial charge in [-0.1, -0.05) is 43.7 Å². The summed E-state index contributed by atoms with van der Waals surface area (Å²) in [6.45, 7) is 2.10. The first-order chi connectivity index (χ1) is 10.1. The molecule has 1 aromatic heterocycles. The van der Waals surface area contributed by atoms with Crippen molar-refractivity contribution in [1.82, 2.24) is 9.55 Å². The average molecular weight is 286 g/mol. The van der Waals surface area contributed by atoms with Crippen molar-refractivity contribution < 1.29 is 5.11 Å². The van der Waals surface area contributed by atoms with Gasteiger partial charge in [0, 0.05) is 6.04 Å². The molecular weight excluding hydrogens is 268 g/mol. The second-order valence-corrected chi connectivity index (χ2v) is 5.55. The third-order valence-corrected chi connectivity index (χ3v) is 4.06. The molecule has 2 aromatic rings. The van der Waals surface area contributed by atoms with Gasteiger partial charge in [-0.3, -0.25) is 14.3 Å². The minimum Gasteiger partial charge on any atom is -0.494 e. The maximum absolute atomic E-state index is 12.0. The molecule has 2 atom stereocenters. The van der Waals surface area contributed by atoms with E-state index in [1.165, 1.54) is 4.57 Å². The zero-order valence-electron chi connectivity index (χ0n) is 11.9. The molecule has 1 fully saturated rings. The molecule has 21 heavy (non-hydrogen) atoms. The molecule has 0 aliphatic heterocycles. The molecule has 2 unspecified atom stereocenters. The maximum Gasteiger partial charge on any atom is 0.331 e. The van der Waals surface area contributed by atoms with E-state index in [9.17, 15) is 14.7 Å². The second kappa shape index (κ2) is 5.24. The van der Waals surface area contributed by atoms with Crippen LogP contribution in [-0.2, 0) is 0 Å². The van der Waals surface area contributed by atoms with Gasteiger partial charge < -0.3 is 5.11 Å². The Morgan fingerprint density at radius 3 is 2.67 bits per heavy atom. The summed E-state index contributed by atoms with van der Waals surface area (Å²) in [5.74, 6) is 0.187. The SMILES string of the molecule is CCCC1CC1n1c(O)c(-c2ccccc2)c(=O)[nH]c1=O. The number of nitrogens with one attached hydrogen (secondary N) is 1. The molecule has 2 N–H and O–H groups in total. The second-order valence-electron chi connectivity index (χ2n) is 5.55. The van der Waals surface area contributed by atoms with E-state index in [4.69, 9.17) is 0 Å². The molecule has 0 amide bonds. The van der Waals surface area contributed by atoms with Gasteiger partial charge in [-0.15, -0.1) is 0 Å². The molecule has 1 aliphatic rings. The first-order valence-corrected chi connectivity index (χ1v) is 7.26. The van der Waals surface area contributed by atoms with Crippen LogP contribution in [0.2, 0.25) is 0 Å². The van der Waals surface area contributed by atoms with E-state index < -0.39 is 11.2 Å². The summed E-state index contributed by atoms with van der Waals surface area (Å²) in [7, 11) is 0. The fourth-order valence-electron chi connectivity index (χ4n) is 2.94. The van der Waals surface area contributed by atoms with Crippen molar-refractivity contribution in [3.8, 4) is 17.0 Å². The van der Waals surface area contributed by atoms with E-state index in [1.54, 1.807) is 24.3 Å². The lowest BCUT2D eigenvalue weighted by Crippen LogP contribution is -2.30. The normalized spacial score (nSPS) is 20.4. The standard InChI is InChI=1S/C16H18N2O3/c1-2-6-11-9-12(11)18-15(20)13(14(19)17-16(18)21)10-7-4-3-5-8-10/h3-5,7-8,11-12,20H,2,6,9H2,1H3,(H,17,19,21). The summed E-state index contributed by atoms with van der Waals surface area (Å²) in [5.41, 5.74) is -0.302. The largest absolute Gasteiger partial charge is 0.494 e. The van der Waals surface area contributed by atoms with E-state index in [-0.39, 0.29) is 17.5 Å². The zero-order chi connectivity index (χ0) is 15.0. The van der Waals surface area contributed by atoms with Crippen molar-refractivity contribution in [3.63, 3.8) is 0 Å². The predicted octanol–water partition coefficient (Wildman–Crippen LogP) is 2.27. The monoisotopic (exact) mass is 286 g/mol. The Morgan fingerprint density at radius 2 is 2.00 bits per heavy atom. The van der Waals surface area contributed by atoms with Gasteiger partial charge in [0.15, 0.2) is 0 Å². The van der Waals surface area contributed by atoms with Crippen molar-refractivity contribution in [3.05, 3.63) is 51.2 Å². The lowest BCUT2D eigenvalue weighted by atomic mass is 10.1. The molecule has 0 bridgehead atoms. The first kappa shape index (κ1) is 13.7. The molecule has 5 heteroatoms. The number of hydrogen-bond acceptors (Lipinski definition) is 3. The Hall–Kier alpha value is -2.30. The van der Waals surface area contributed by atoms with Crippen LogP contribution in [0.3, 0.4) is 0 Å². The van der Waals surface area contributed by atoms with Crippen molar-refractivity contribution in [1.29, 1.82) is 0 Å². The van der Waals surface area contributed by atoms with Crippen LogP contribution >= 0.6 is 0 Å². The van der Waals surface area contributed by atoms with E-state index in [2.05, 4.69) is 11.9 Å². The summed E-state index contributed by atoms with van der Waals surface area (Å²) in [6, 6.07) is 8.91. The molecule has 1 heterocycles. The molecule has 0 radical (unpaired) electrons. The van der Waals surface area contributed by atoms with Gasteiger partial charge in [0.05, 0.1) is 0 Å². The number of aromatic nitrogens is 2. The van der Waals surface area contributed by atoms with Crippen LogP contribution in [0.1, 0.15) is 32.2 Å². The van der Waals surface area contributed by atoms with Crippen LogP contribution in [0, 0.1) is 5.92 Å². The first-order valence-electron chi connectivity index (χ1n) is 7.26. The highest BCUT2D eigenvalue weighted by molar-refractivity contribution is 5.67. The molecule has 0 saturated heterocycles. The van der Waals surface area contributed by atoms with Gasteiger partial charge in [0.1, 0.15) is 5.56 Å². The highest BCUT2D eigenvalue weighted by Crippen LogP contribution is 2.47. The highest BCUT2D eigenvalue weighted by Gasteiger charge is 2.40. The van der Waals surface area contributed by atoms with Crippen LogP contribution in [0.5, 0.6) is 5.88 Å². The Bertz CT molecular complexity index is 761. The van der Waals surface area contributed by atoms with Crippen LogP contribution in [0.15, 0.2) is 39.9 Å². The fraction of sp³-hybridized carbons (Fsp3) is 0.375. The summed E-state index contributed by atoms with van der Waals surface area (Å²) in [6.07, 6.45) is 2.95. The maximum atomic E-state index is 12.0. The number of benzene rings is 1. The molecule has 1 aromatic carbocycles. The molecule has 1 aliphatic carbocycles. The van der Waals surface area contributed by atoms with E-state index >= 15 is 0 Å². The summed E-state index contributed by atoms with van der Waals surface area (Å²) < 4.78 is 1.34. The number of aromatic amines is 1. The number of nitrogens with zero attached hydrogens (tertiary/aromatic N) is 1. The number of rotatable bonds is 4. The molecule has 0 spiro atoms. The van der Waals surface area contributed by atoms with Crippen molar-refractivity contribution >= 4 is 0 Å². The van der Waals surface area contributed by atoms with Crippen LogP contribution in [0.4, 0.5) is 0 Å². The van der Waals surface area contributed by atoms with Gasteiger partial charge >= 0.3 is 5.69 Å². The summed E-state index contributed by atoms with van der Waals surface area (Å²) >= 11 is 0.